The van der Waals surface area contributed by atoms with Gasteiger partial charge in [0.1, 0.15) is 0 Å². The van der Waals surface area contributed by atoms with E-state index < -0.39 is 11.8 Å². The van der Waals surface area contributed by atoms with Gasteiger partial charge in [-0.3, -0.25) is 14.4 Å². The van der Waals surface area contributed by atoms with Gasteiger partial charge in [-0.05, 0) is 49.6 Å². The second kappa shape index (κ2) is 8.40. The molecule has 2 N–H and O–H groups in total. The maximum absolute atomic E-state index is 11.8. The molecule has 0 aliphatic carbocycles. The van der Waals surface area contributed by atoms with E-state index in [0.717, 1.165) is 11.3 Å². The van der Waals surface area contributed by atoms with E-state index in [4.69, 9.17) is 0 Å². The van der Waals surface area contributed by atoms with Gasteiger partial charge in [0, 0.05) is 17.1 Å². The Kier molecular flexibility index (Phi) is 6.26. The minimum atomic E-state index is -0.685. The lowest BCUT2D eigenvalue weighted by Gasteiger charge is -2.06. The lowest BCUT2D eigenvalue weighted by Crippen LogP contribution is -2.36. The largest absolute Gasteiger partial charge is 0.347 e. The van der Waals surface area contributed by atoms with Gasteiger partial charge in [0.15, 0.2) is 5.78 Å². The summed E-state index contributed by atoms with van der Waals surface area (Å²) in [6.45, 7) is 3.92. The van der Waals surface area contributed by atoms with Gasteiger partial charge in [0.25, 0.3) is 0 Å². The van der Waals surface area contributed by atoms with Crippen LogP contribution >= 0.6 is 11.3 Å². The fraction of sp³-hybridized carbons (Fsp3) is 0.278. The number of hydrogen-bond donors (Lipinski definition) is 2. The molecule has 1 aromatic carbocycles. The maximum Gasteiger partial charge on any atom is 0.313 e. The Labute approximate surface area is 145 Å². The van der Waals surface area contributed by atoms with Gasteiger partial charge in [-0.2, -0.15) is 0 Å². The first-order chi connectivity index (χ1) is 11.5. The number of carbonyl (C=O) groups excluding carboxylic acids is 3. The van der Waals surface area contributed by atoms with Gasteiger partial charge in [-0.15, -0.1) is 11.3 Å². The van der Waals surface area contributed by atoms with Crippen molar-refractivity contribution in [1.29, 1.82) is 0 Å². The molecule has 2 aromatic rings. The second-order valence-electron chi connectivity index (χ2n) is 5.33. The molecule has 1 heterocycles. The normalized spacial score (nSPS) is 10.2. The Morgan fingerprint density at radius 1 is 1.00 bits per heavy atom. The monoisotopic (exact) mass is 344 g/mol. The third-order valence-corrected chi connectivity index (χ3v) is 4.74. The number of hydrogen-bond acceptors (Lipinski definition) is 4. The molecule has 0 radical (unpaired) electrons. The van der Waals surface area contributed by atoms with Gasteiger partial charge >= 0.3 is 11.8 Å². The summed E-state index contributed by atoms with van der Waals surface area (Å²) in [5, 5.41) is 5.15. The summed E-state index contributed by atoms with van der Waals surface area (Å²) < 4.78 is 0. The van der Waals surface area contributed by atoms with Crippen molar-refractivity contribution in [2.75, 3.05) is 11.9 Å². The predicted octanol–water partition coefficient (Wildman–Crippen LogP) is 2.81. The van der Waals surface area contributed by atoms with Crippen molar-refractivity contribution in [2.45, 2.75) is 26.7 Å². The molecule has 0 bridgehead atoms. The first-order valence-corrected chi connectivity index (χ1v) is 8.59. The third-order valence-electron chi connectivity index (χ3n) is 3.49. The molecule has 0 saturated carbocycles. The Bertz CT molecular complexity index is 735. The van der Waals surface area contributed by atoms with Gasteiger partial charge in [0.05, 0.1) is 4.88 Å². The molecule has 1 aromatic heterocycles. The van der Waals surface area contributed by atoms with E-state index in [-0.39, 0.29) is 5.78 Å². The molecule has 0 aliphatic rings. The molecular formula is C18H20N2O3S. The second-order valence-corrected chi connectivity index (χ2v) is 6.50. The van der Waals surface area contributed by atoms with Crippen LogP contribution < -0.4 is 10.6 Å². The van der Waals surface area contributed by atoms with Crippen LogP contribution in [0.5, 0.6) is 0 Å². The summed E-state index contributed by atoms with van der Waals surface area (Å²) in [5.74, 6) is -1.32. The fourth-order valence-electron chi connectivity index (χ4n) is 2.09. The Morgan fingerprint density at radius 3 is 2.29 bits per heavy atom. The smallest absolute Gasteiger partial charge is 0.313 e. The first kappa shape index (κ1) is 17.9. The highest BCUT2D eigenvalue weighted by Crippen LogP contribution is 2.17. The summed E-state index contributed by atoms with van der Waals surface area (Å²) in [4.78, 5) is 36.6. The zero-order valence-electron chi connectivity index (χ0n) is 13.7. The number of nitrogens with one attached hydrogen (secondary N) is 2. The van der Waals surface area contributed by atoms with Crippen molar-refractivity contribution in [3.05, 3.63) is 51.7 Å². The van der Waals surface area contributed by atoms with Crippen LogP contribution in [0.2, 0.25) is 0 Å². The molecule has 0 unspecified atom stereocenters. The highest BCUT2D eigenvalue weighted by Gasteiger charge is 2.13. The van der Waals surface area contributed by atoms with E-state index >= 15 is 0 Å². The molecule has 126 valence electrons. The van der Waals surface area contributed by atoms with Crippen LogP contribution in [0.15, 0.2) is 36.4 Å². The number of ketones is 1. The molecule has 2 amide bonds. The lowest BCUT2D eigenvalue weighted by atomic mass is 10.1. The van der Waals surface area contributed by atoms with Crippen molar-refractivity contribution in [1.82, 2.24) is 5.32 Å². The Hall–Kier alpha value is -2.47. The van der Waals surface area contributed by atoms with E-state index in [0.29, 0.717) is 23.5 Å². The van der Waals surface area contributed by atoms with Crippen LogP contribution in [-0.2, 0) is 22.4 Å². The van der Waals surface area contributed by atoms with Gasteiger partial charge < -0.3 is 10.6 Å². The topological polar surface area (TPSA) is 75.3 Å². The highest BCUT2D eigenvalue weighted by molar-refractivity contribution is 7.14. The van der Waals surface area contributed by atoms with Crippen molar-refractivity contribution < 1.29 is 14.4 Å². The zero-order valence-corrected chi connectivity index (χ0v) is 14.5. The number of rotatable bonds is 6. The molecule has 0 fully saturated rings. The van der Waals surface area contributed by atoms with E-state index in [9.17, 15) is 14.4 Å². The number of anilines is 1. The molecule has 6 heteroatoms. The molecule has 2 rings (SSSR count). The average molecular weight is 344 g/mol. The van der Waals surface area contributed by atoms with Crippen molar-refractivity contribution in [2.24, 2.45) is 0 Å². The summed E-state index contributed by atoms with van der Waals surface area (Å²) >= 11 is 1.41. The fourth-order valence-corrected chi connectivity index (χ4v) is 3.00. The molecule has 0 atom stereocenters. The zero-order chi connectivity index (χ0) is 17.5. The minimum absolute atomic E-state index is 0.0313. The number of Topliss-reactive ketones (excluding diaryl/α,β-unsaturated/α-hetero) is 1. The summed E-state index contributed by atoms with van der Waals surface area (Å²) in [7, 11) is 0. The van der Waals surface area contributed by atoms with E-state index in [1.165, 1.54) is 23.8 Å². The Morgan fingerprint density at radius 2 is 1.71 bits per heavy atom. The number of aryl methyl sites for hydroxylation is 1. The molecule has 5 nitrogen and oxygen atoms in total. The Balaban J connectivity index is 1.78. The average Bonchev–Trinajstić information content (AvgIpc) is 3.04. The van der Waals surface area contributed by atoms with Crippen LogP contribution in [0.1, 0.15) is 34.0 Å². The SMILES string of the molecule is CCc1ccc(NC(=O)C(=O)NCCc2ccc(C(C)=O)s2)cc1. The van der Waals surface area contributed by atoms with Crippen molar-refractivity contribution >= 4 is 34.6 Å². The summed E-state index contributed by atoms with van der Waals surface area (Å²) in [5.41, 5.74) is 1.76. The minimum Gasteiger partial charge on any atom is -0.347 e. The standard InChI is InChI=1S/C18H20N2O3S/c1-3-13-4-6-14(7-5-13)20-18(23)17(22)19-11-10-15-8-9-16(24-15)12(2)21/h4-9H,3,10-11H2,1-2H3,(H,19,22)(H,20,23). The number of thiophene rings is 1. The number of carbonyl (C=O) groups is 3. The van der Waals surface area contributed by atoms with E-state index in [1.807, 2.05) is 25.1 Å². The number of benzene rings is 1. The van der Waals surface area contributed by atoms with Gasteiger partial charge in [0.2, 0.25) is 0 Å². The summed E-state index contributed by atoms with van der Waals surface area (Å²) in [6.07, 6.45) is 1.50. The molecule has 0 saturated heterocycles. The predicted molar refractivity (Wildman–Crippen MR) is 95.5 cm³/mol. The van der Waals surface area contributed by atoms with E-state index in [2.05, 4.69) is 10.6 Å². The van der Waals surface area contributed by atoms with Crippen LogP contribution in [0, 0.1) is 0 Å². The van der Waals surface area contributed by atoms with Crippen LogP contribution in [0.25, 0.3) is 0 Å². The molecular weight excluding hydrogens is 324 g/mol. The highest BCUT2D eigenvalue weighted by atomic mass is 32.1. The van der Waals surface area contributed by atoms with Crippen LogP contribution in [0.4, 0.5) is 5.69 Å². The van der Waals surface area contributed by atoms with Crippen molar-refractivity contribution in [3.8, 4) is 0 Å². The van der Waals surface area contributed by atoms with Gasteiger partial charge in [-0.1, -0.05) is 19.1 Å². The molecule has 0 aliphatic heterocycles. The third kappa shape index (κ3) is 5.03. The van der Waals surface area contributed by atoms with Crippen LogP contribution in [-0.4, -0.2) is 24.1 Å². The molecule has 0 spiro atoms. The summed E-state index contributed by atoms with van der Waals surface area (Å²) in [6, 6.07) is 11.0. The maximum atomic E-state index is 11.8. The lowest BCUT2D eigenvalue weighted by molar-refractivity contribution is -0.136. The van der Waals surface area contributed by atoms with Crippen molar-refractivity contribution in [3.63, 3.8) is 0 Å². The van der Waals surface area contributed by atoms with E-state index in [1.54, 1.807) is 18.2 Å². The van der Waals surface area contributed by atoms with Gasteiger partial charge in [-0.25, -0.2) is 0 Å². The van der Waals surface area contributed by atoms with Crippen LogP contribution in [0.3, 0.4) is 0 Å². The molecule has 24 heavy (non-hydrogen) atoms. The first-order valence-electron chi connectivity index (χ1n) is 7.77. The quantitative estimate of drug-likeness (QED) is 0.625. The number of amides is 2.